The van der Waals surface area contributed by atoms with Crippen LogP contribution in [0.4, 0.5) is 5.69 Å². The molecule has 0 aliphatic heterocycles. The standard InChI is InChI=1S/C13H17NO3/c1-13(2,3)17-14(12(9-15)10-16)11-7-5-4-6-8-11/h4-8,15H,9H2,1-3H3. The third-order valence-corrected chi connectivity index (χ3v) is 1.87. The van der Waals surface area contributed by atoms with Gasteiger partial charge in [-0.15, -0.1) is 0 Å². The second kappa shape index (κ2) is 5.64. The molecule has 0 aliphatic rings. The topological polar surface area (TPSA) is 49.8 Å². The fourth-order valence-electron chi connectivity index (χ4n) is 1.24. The van der Waals surface area contributed by atoms with Crippen LogP contribution in [0.5, 0.6) is 0 Å². The maximum Gasteiger partial charge on any atom is 0.156 e. The highest BCUT2D eigenvalue weighted by atomic mass is 16.7. The van der Waals surface area contributed by atoms with Crippen molar-refractivity contribution in [1.82, 2.24) is 0 Å². The van der Waals surface area contributed by atoms with Crippen LogP contribution in [0.1, 0.15) is 20.8 Å². The van der Waals surface area contributed by atoms with E-state index < -0.39 is 12.2 Å². The lowest BCUT2D eigenvalue weighted by molar-refractivity contribution is -0.0125. The van der Waals surface area contributed by atoms with Gasteiger partial charge < -0.3 is 5.11 Å². The van der Waals surface area contributed by atoms with Crippen molar-refractivity contribution < 1.29 is 14.7 Å². The van der Waals surface area contributed by atoms with Gasteiger partial charge in [-0.05, 0) is 32.9 Å². The van der Waals surface area contributed by atoms with Gasteiger partial charge in [-0.3, -0.25) is 4.84 Å². The first-order valence-corrected chi connectivity index (χ1v) is 5.37. The highest BCUT2D eigenvalue weighted by Gasteiger charge is 2.21. The SMILES string of the molecule is CC(C)(C)ON(C(=C=O)CO)c1ccccc1. The van der Waals surface area contributed by atoms with Gasteiger partial charge in [0.15, 0.2) is 11.6 Å². The van der Waals surface area contributed by atoms with Gasteiger partial charge in [0.2, 0.25) is 0 Å². The lowest BCUT2D eigenvalue weighted by Gasteiger charge is -2.30. The monoisotopic (exact) mass is 235 g/mol. The molecule has 17 heavy (non-hydrogen) atoms. The molecule has 4 nitrogen and oxygen atoms in total. The van der Waals surface area contributed by atoms with Gasteiger partial charge in [0.25, 0.3) is 0 Å². The smallest absolute Gasteiger partial charge is 0.156 e. The molecule has 0 aromatic heterocycles. The number of hydrogen-bond acceptors (Lipinski definition) is 4. The third kappa shape index (κ3) is 4.04. The summed E-state index contributed by atoms with van der Waals surface area (Å²) in [4.78, 5) is 16.4. The summed E-state index contributed by atoms with van der Waals surface area (Å²) in [7, 11) is 0. The molecule has 0 amide bonds. The average Bonchev–Trinajstić information content (AvgIpc) is 2.29. The molecule has 0 radical (unpaired) electrons. The molecule has 0 spiro atoms. The summed E-state index contributed by atoms with van der Waals surface area (Å²) in [5.74, 6) is 1.69. The molecule has 0 aliphatic carbocycles. The van der Waals surface area contributed by atoms with E-state index in [-0.39, 0.29) is 5.70 Å². The van der Waals surface area contributed by atoms with Gasteiger partial charge in [0, 0.05) is 0 Å². The minimum Gasteiger partial charge on any atom is -0.389 e. The Morgan fingerprint density at radius 1 is 1.35 bits per heavy atom. The van der Waals surface area contributed by atoms with E-state index in [2.05, 4.69) is 0 Å². The lowest BCUT2D eigenvalue weighted by Crippen LogP contribution is -2.34. The highest BCUT2D eigenvalue weighted by molar-refractivity contribution is 5.62. The Kier molecular flexibility index (Phi) is 4.46. The number of aliphatic hydroxyl groups is 1. The Morgan fingerprint density at radius 3 is 2.35 bits per heavy atom. The molecule has 0 unspecified atom stereocenters. The zero-order chi connectivity index (χ0) is 12.9. The van der Waals surface area contributed by atoms with E-state index in [0.717, 1.165) is 0 Å². The number of nitrogens with zero attached hydrogens (tertiary/aromatic N) is 1. The van der Waals surface area contributed by atoms with Crippen LogP contribution in [0.15, 0.2) is 36.0 Å². The number of rotatable bonds is 4. The van der Waals surface area contributed by atoms with Crippen LogP contribution in [0, 0.1) is 0 Å². The Morgan fingerprint density at radius 2 is 1.94 bits per heavy atom. The molecule has 0 saturated heterocycles. The molecule has 0 bridgehead atoms. The molecule has 92 valence electrons. The molecule has 0 fully saturated rings. The van der Waals surface area contributed by atoms with Gasteiger partial charge in [-0.2, -0.15) is 0 Å². The molecule has 0 saturated carbocycles. The van der Waals surface area contributed by atoms with Gasteiger partial charge in [-0.1, -0.05) is 18.2 Å². The number of carbonyl (C=O) groups excluding carboxylic acids is 1. The van der Waals surface area contributed by atoms with Crippen LogP contribution in [-0.2, 0) is 9.63 Å². The zero-order valence-corrected chi connectivity index (χ0v) is 10.3. The minimum absolute atomic E-state index is 0.0473. The van der Waals surface area contributed by atoms with Gasteiger partial charge >= 0.3 is 0 Å². The van der Waals surface area contributed by atoms with E-state index in [9.17, 15) is 4.79 Å². The molecule has 1 aromatic carbocycles. The highest BCUT2D eigenvalue weighted by Crippen LogP contribution is 2.22. The van der Waals surface area contributed by atoms with Crippen LogP contribution >= 0.6 is 0 Å². The van der Waals surface area contributed by atoms with Gasteiger partial charge in [0.1, 0.15) is 0 Å². The molecule has 4 heteroatoms. The number of hydroxylamine groups is 1. The third-order valence-electron chi connectivity index (χ3n) is 1.87. The van der Waals surface area contributed by atoms with Gasteiger partial charge in [-0.25, -0.2) is 9.86 Å². The lowest BCUT2D eigenvalue weighted by atomic mass is 10.2. The molecule has 1 rings (SSSR count). The van der Waals surface area contributed by atoms with E-state index in [4.69, 9.17) is 9.94 Å². The molecular weight excluding hydrogens is 218 g/mol. The second-order valence-corrected chi connectivity index (χ2v) is 4.54. The summed E-state index contributed by atoms with van der Waals surface area (Å²) in [6.07, 6.45) is 0. The Bertz CT molecular complexity index is 402. The van der Waals surface area contributed by atoms with Crippen LogP contribution in [0.25, 0.3) is 0 Å². The van der Waals surface area contributed by atoms with E-state index in [1.165, 1.54) is 5.06 Å². The van der Waals surface area contributed by atoms with E-state index in [0.29, 0.717) is 5.69 Å². The summed E-state index contributed by atoms with van der Waals surface area (Å²) in [6, 6.07) is 9.10. The largest absolute Gasteiger partial charge is 0.389 e. The average molecular weight is 235 g/mol. The van der Waals surface area contributed by atoms with Crippen molar-refractivity contribution in [3.05, 3.63) is 36.0 Å². The number of aliphatic hydroxyl groups excluding tert-OH is 1. The van der Waals surface area contributed by atoms with Crippen LogP contribution < -0.4 is 5.06 Å². The van der Waals surface area contributed by atoms with Crippen LogP contribution in [0.3, 0.4) is 0 Å². The predicted molar refractivity (Wildman–Crippen MR) is 66.1 cm³/mol. The molecular formula is C13H17NO3. The second-order valence-electron chi connectivity index (χ2n) is 4.54. The molecule has 0 heterocycles. The maximum absolute atomic E-state index is 10.8. The number of benzene rings is 1. The first kappa shape index (κ1) is 13.5. The van der Waals surface area contributed by atoms with Crippen molar-refractivity contribution >= 4 is 11.6 Å². The maximum atomic E-state index is 10.8. The summed E-state index contributed by atoms with van der Waals surface area (Å²) in [6.45, 7) is 5.17. The predicted octanol–water partition coefficient (Wildman–Crippen LogP) is 1.93. The van der Waals surface area contributed by atoms with E-state index >= 15 is 0 Å². The normalized spacial score (nSPS) is 10.8. The van der Waals surface area contributed by atoms with Crippen molar-refractivity contribution in [2.24, 2.45) is 0 Å². The summed E-state index contributed by atoms with van der Waals surface area (Å²) < 4.78 is 0. The Balaban J connectivity index is 3.07. The first-order chi connectivity index (χ1) is 7.98. The quantitative estimate of drug-likeness (QED) is 0.640. The fourth-order valence-corrected chi connectivity index (χ4v) is 1.24. The fraction of sp³-hybridized carbons (Fsp3) is 0.385. The van der Waals surface area contributed by atoms with Crippen molar-refractivity contribution in [2.45, 2.75) is 26.4 Å². The Labute approximate surface area is 101 Å². The number of hydrogen-bond donors (Lipinski definition) is 1. The van der Waals surface area contributed by atoms with Crippen molar-refractivity contribution in [3.63, 3.8) is 0 Å². The number of anilines is 1. The van der Waals surface area contributed by atoms with E-state index in [1.807, 2.05) is 39.0 Å². The van der Waals surface area contributed by atoms with E-state index in [1.54, 1.807) is 18.1 Å². The summed E-state index contributed by atoms with van der Waals surface area (Å²) in [5.41, 5.74) is 0.244. The van der Waals surface area contributed by atoms with Gasteiger partial charge in [0.05, 0.1) is 17.9 Å². The summed E-state index contributed by atoms with van der Waals surface area (Å²) in [5, 5.41) is 10.4. The summed E-state index contributed by atoms with van der Waals surface area (Å²) >= 11 is 0. The molecule has 1 aromatic rings. The van der Waals surface area contributed by atoms with Crippen molar-refractivity contribution in [1.29, 1.82) is 0 Å². The molecule has 0 atom stereocenters. The zero-order valence-electron chi connectivity index (χ0n) is 10.3. The van der Waals surface area contributed by atoms with Crippen LogP contribution in [0.2, 0.25) is 0 Å². The minimum atomic E-state index is -0.479. The van der Waals surface area contributed by atoms with Crippen LogP contribution in [-0.4, -0.2) is 23.3 Å². The van der Waals surface area contributed by atoms with Crippen molar-refractivity contribution in [3.8, 4) is 0 Å². The first-order valence-electron chi connectivity index (χ1n) is 5.37. The number of para-hydroxylation sites is 1. The Hall–Kier alpha value is -1.61. The van der Waals surface area contributed by atoms with Crippen molar-refractivity contribution in [2.75, 3.05) is 11.7 Å². The molecule has 1 N–H and O–H groups in total.